The van der Waals surface area contributed by atoms with Crippen molar-refractivity contribution in [3.63, 3.8) is 0 Å². The smallest absolute Gasteiger partial charge is 0.210 e. The van der Waals surface area contributed by atoms with Gasteiger partial charge in [-0.1, -0.05) is 16.1 Å². The lowest BCUT2D eigenvalue weighted by Gasteiger charge is -2.17. The van der Waals surface area contributed by atoms with E-state index in [1.54, 1.807) is 0 Å². The van der Waals surface area contributed by atoms with Crippen molar-refractivity contribution in [2.45, 2.75) is 43.9 Å². The van der Waals surface area contributed by atoms with E-state index < -0.39 is 0 Å². The molecule has 2 aromatic carbocycles. The summed E-state index contributed by atoms with van der Waals surface area (Å²) in [6, 6.07) is 10.4. The molecule has 1 heterocycles. The average Bonchev–Trinajstić information content (AvgIpc) is 2.89. The maximum absolute atomic E-state index is 8.35. The minimum Gasteiger partial charge on any atom is -0.220 e. The van der Waals surface area contributed by atoms with Crippen LogP contribution in [-0.4, -0.2) is 33.1 Å². The highest BCUT2D eigenvalue weighted by Gasteiger charge is 2.43. The molecule has 0 radical (unpaired) electrons. The van der Waals surface area contributed by atoms with Crippen molar-refractivity contribution in [3.05, 3.63) is 35.9 Å². The van der Waals surface area contributed by atoms with Crippen LogP contribution in [0.15, 0.2) is 35.2 Å². The first-order valence-electron chi connectivity index (χ1n) is 8.94. The number of benzene rings is 2. The Morgan fingerprint density at radius 3 is 2.57 bits per heavy atom. The Hall–Kier alpha value is -1.17. The molecule has 0 fully saturated rings. The summed E-state index contributed by atoms with van der Waals surface area (Å²) < 4.78 is 11.4. The van der Waals surface area contributed by atoms with E-state index >= 15 is 0 Å². The maximum Gasteiger partial charge on any atom is 0.210 e. The van der Waals surface area contributed by atoms with Crippen molar-refractivity contribution in [1.82, 2.24) is 0 Å². The summed E-state index contributed by atoms with van der Waals surface area (Å²) in [7, 11) is 0. The second-order valence-corrected chi connectivity index (χ2v) is 8.66. The van der Waals surface area contributed by atoms with E-state index in [9.17, 15) is 0 Å². The van der Waals surface area contributed by atoms with E-state index in [1.165, 1.54) is 22.3 Å². The molecule has 0 bridgehead atoms. The van der Waals surface area contributed by atoms with Crippen LogP contribution in [0.25, 0.3) is 10.8 Å². The average molecular weight is 427 g/mol. The fraction of sp³-hybridized carbons (Fsp3) is 0.421. The molecule has 0 unspecified atom stereocenters. The van der Waals surface area contributed by atoms with Crippen LogP contribution in [0, 0.1) is 0 Å². The highest BCUT2D eigenvalue weighted by atomic mass is 32.2. The molecular weight excluding hydrogens is 402 g/mol. The zero-order valence-corrected chi connectivity index (χ0v) is 17.6. The fourth-order valence-corrected chi connectivity index (χ4v) is 4.60. The molecule has 0 amide bonds. The third kappa shape index (κ3) is 4.37. The molecule has 152 valence electrons. The van der Waals surface area contributed by atoms with Crippen molar-refractivity contribution in [1.29, 1.82) is 0 Å². The van der Waals surface area contributed by atoms with Crippen molar-refractivity contribution < 1.29 is 33.8 Å². The van der Waals surface area contributed by atoms with E-state index in [-0.39, 0.29) is 5.41 Å². The number of nitrogens with zero attached hydrogens (tertiary/aromatic N) is 1. The molecule has 0 saturated carbocycles. The molecule has 0 aliphatic carbocycles. The van der Waals surface area contributed by atoms with Crippen molar-refractivity contribution in [3.8, 4) is 0 Å². The third-order valence-electron chi connectivity index (χ3n) is 5.29. The van der Waals surface area contributed by atoms with Gasteiger partial charge in [0.2, 0.25) is 5.69 Å². The van der Waals surface area contributed by atoms with E-state index in [4.69, 9.17) is 10.5 Å². The Balaban J connectivity index is 1.84. The second-order valence-electron chi connectivity index (χ2n) is 7.10. The summed E-state index contributed by atoms with van der Waals surface area (Å²) in [4.78, 5) is 0.849. The molecule has 1 aliphatic rings. The monoisotopic (exact) mass is 426 g/mol. The molecule has 28 heavy (non-hydrogen) atoms. The first kappa shape index (κ1) is 21.5. The molecule has 0 atom stereocenters. The van der Waals surface area contributed by atoms with E-state index in [0.717, 1.165) is 59.5 Å². The van der Waals surface area contributed by atoms with Crippen LogP contribution in [-0.2, 0) is 24.2 Å². The SMILES string of the molecule is CC1=[N+](CCCCSOOO)c2ccc3cc(SOOO)ccc3c2C1(C)C. The van der Waals surface area contributed by atoms with Gasteiger partial charge in [0.25, 0.3) is 0 Å². The quantitative estimate of drug-likeness (QED) is 0.169. The fourth-order valence-electron chi connectivity index (χ4n) is 3.76. The Labute approximate surface area is 172 Å². The standard InChI is InChI=1S/C19H23NO6S2/c1-13-19(2,3)18-16-8-7-15(28-26-24-22)12-14(16)6-9-17(18)20(13)10-4-5-11-27-25-23-21/h6-9,12H,4-5,10-11H2,1-3H3,(H-,21,22)/p+1. The minimum atomic E-state index is -0.0726. The Bertz CT molecular complexity index is 871. The zero-order valence-electron chi connectivity index (χ0n) is 16.0. The van der Waals surface area contributed by atoms with Crippen molar-refractivity contribution in [2.75, 3.05) is 12.3 Å². The lowest BCUT2D eigenvalue weighted by Crippen LogP contribution is -2.27. The largest absolute Gasteiger partial charge is 0.220 e. The van der Waals surface area contributed by atoms with Crippen LogP contribution >= 0.6 is 24.1 Å². The van der Waals surface area contributed by atoms with Crippen LogP contribution in [0.2, 0.25) is 0 Å². The summed E-state index contributed by atoms with van der Waals surface area (Å²) in [5, 5.41) is 26.1. The van der Waals surface area contributed by atoms with Crippen LogP contribution < -0.4 is 0 Å². The normalized spacial score (nSPS) is 15.5. The summed E-state index contributed by atoms with van der Waals surface area (Å²) >= 11 is 2.06. The van der Waals surface area contributed by atoms with Gasteiger partial charge in [0.05, 0.1) is 17.5 Å². The molecule has 0 aromatic heterocycles. The summed E-state index contributed by atoms with van der Waals surface area (Å²) in [5.74, 6) is 0.751. The van der Waals surface area contributed by atoms with Gasteiger partial charge in [0.15, 0.2) is 5.71 Å². The van der Waals surface area contributed by atoms with Crippen LogP contribution in [0.4, 0.5) is 5.69 Å². The molecular formula is C19H24NO6S2+. The molecule has 0 spiro atoms. The van der Waals surface area contributed by atoms with Gasteiger partial charge in [-0.15, -0.1) is 8.67 Å². The van der Waals surface area contributed by atoms with Gasteiger partial charge in [-0.2, -0.15) is 4.58 Å². The zero-order chi connectivity index (χ0) is 20.1. The van der Waals surface area contributed by atoms with Gasteiger partial charge in [-0.25, -0.2) is 10.5 Å². The predicted molar refractivity (Wildman–Crippen MR) is 110 cm³/mol. The highest BCUT2D eigenvalue weighted by Crippen LogP contribution is 2.44. The van der Waals surface area contributed by atoms with Crippen LogP contribution in [0.3, 0.4) is 0 Å². The number of hydrogen-bond donors (Lipinski definition) is 2. The van der Waals surface area contributed by atoms with Gasteiger partial charge in [-0.3, -0.25) is 0 Å². The van der Waals surface area contributed by atoms with Gasteiger partial charge in [0.1, 0.15) is 6.54 Å². The molecule has 2 aromatic rings. The number of rotatable bonds is 10. The highest BCUT2D eigenvalue weighted by molar-refractivity contribution is 7.94. The Morgan fingerprint density at radius 2 is 1.82 bits per heavy atom. The van der Waals surface area contributed by atoms with E-state index in [0.29, 0.717) is 0 Å². The van der Waals surface area contributed by atoms with Crippen LogP contribution in [0.1, 0.15) is 39.2 Å². The summed E-state index contributed by atoms with van der Waals surface area (Å²) in [6.07, 6.45) is 1.95. The molecule has 2 N–H and O–H groups in total. The first-order valence-corrected chi connectivity index (χ1v) is 10.6. The lowest BCUT2D eigenvalue weighted by molar-refractivity contribution is -0.439. The number of unbranched alkanes of at least 4 members (excludes halogenated alkanes) is 1. The van der Waals surface area contributed by atoms with Gasteiger partial charge < -0.3 is 0 Å². The van der Waals surface area contributed by atoms with Crippen LogP contribution in [0.5, 0.6) is 0 Å². The number of fused-ring (bicyclic) bond motifs is 3. The summed E-state index contributed by atoms with van der Waals surface area (Å²) in [5.41, 5.74) is 3.82. The molecule has 9 heteroatoms. The first-order chi connectivity index (χ1) is 13.5. The van der Waals surface area contributed by atoms with Crippen molar-refractivity contribution in [2.24, 2.45) is 0 Å². The van der Waals surface area contributed by atoms with E-state index in [2.05, 4.69) is 62.3 Å². The molecule has 0 saturated heterocycles. The second kappa shape index (κ2) is 9.55. The molecule has 1 aliphatic heterocycles. The summed E-state index contributed by atoms with van der Waals surface area (Å²) in [6.45, 7) is 7.63. The van der Waals surface area contributed by atoms with E-state index in [1.807, 2.05) is 12.1 Å². The van der Waals surface area contributed by atoms with Gasteiger partial charge in [0, 0.05) is 47.7 Å². The topological polar surface area (TPSA) is 80.4 Å². The van der Waals surface area contributed by atoms with Gasteiger partial charge in [-0.05, 0) is 49.2 Å². The molecule has 7 nitrogen and oxygen atoms in total. The minimum absolute atomic E-state index is 0.0726. The predicted octanol–water partition coefficient (Wildman–Crippen LogP) is 5.51. The lowest BCUT2D eigenvalue weighted by atomic mass is 9.80. The molecule has 3 rings (SSSR count). The number of hydrogen-bond acceptors (Lipinski definition) is 8. The third-order valence-corrected chi connectivity index (χ3v) is 6.48. The van der Waals surface area contributed by atoms with Gasteiger partial charge >= 0.3 is 0 Å². The maximum atomic E-state index is 8.35. The Morgan fingerprint density at radius 1 is 1.04 bits per heavy atom. The van der Waals surface area contributed by atoms with Crippen molar-refractivity contribution >= 4 is 46.3 Å². The Kier molecular flexibility index (Phi) is 7.35.